The summed E-state index contributed by atoms with van der Waals surface area (Å²) < 4.78 is 11.3. The molecule has 2 amide bonds. The summed E-state index contributed by atoms with van der Waals surface area (Å²) >= 11 is 0. The van der Waals surface area contributed by atoms with E-state index in [0.29, 0.717) is 19.7 Å². The molecule has 2 aliphatic rings. The van der Waals surface area contributed by atoms with Crippen molar-refractivity contribution in [3.63, 3.8) is 0 Å². The topological polar surface area (TPSA) is 50.8 Å². The number of carbonyl (C=O) groups excluding carboxylic acids is 1. The SMILES string of the molecule is C[C@@H]1OCC[C@H]1NC(=O)N1CCO[C@H](CCc2ccccc2)C1. The molecule has 0 unspecified atom stereocenters. The number of carbonyl (C=O) groups is 1. The quantitative estimate of drug-likeness (QED) is 0.926. The fourth-order valence-corrected chi connectivity index (χ4v) is 3.22. The smallest absolute Gasteiger partial charge is 0.317 e. The maximum Gasteiger partial charge on any atom is 0.317 e. The summed E-state index contributed by atoms with van der Waals surface area (Å²) in [5, 5.41) is 3.10. The zero-order valence-corrected chi connectivity index (χ0v) is 13.7. The highest BCUT2D eigenvalue weighted by molar-refractivity contribution is 5.74. The molecule has 0 aliphatic carbocycles. The molecular weight excluding hydrogens is 292 g/mol. The molecule has 1 aromatic rings. The molecular formula is C18H26N2O3. The van der Waals surface area contributed by atoms with Crippen LogP contribution in [-0.2, 0) is 15.9 Å². The van der Waals surface area contributed by atoms with Crippen LogP contribution < -0.4 is 5.32 Å². The highest BCUT2D eigenvalue weighted by Gasteiger charge is 2.29. The Morgan fingerprint density at radius 2 is 2.09 bits per heavy atom. The Labute approximate surface area is 137 Å². The predicted molar refractivity (Wildman–Crippen MR) is 88.4 cm³/mol. The van der Waals surface area contributed by atoms with Gasteiger partial charge >= 0.3 is 6.03 Å². The summed E-state index contributed by atoms with van der Waals surface area (Å²) in [5.74, 6) is 0. The summed E-state index contributed by atoms with van der Waals surface area (Å²) in [6, 6.07) is 10.6. The minimum atomic E-state index is 0.0142. The van der Waals surface area contributed by atoms with Crippen molar-refractivity contribution < 1.29 is 14.3 Å². The molecule has 0 spiro atoms. The van der Waals surface area contributed by atoms with E-state index < -0.39 is 0 Å². The molecule has 0 saturated carbocycles. The van der Waals surface area contributed by atoms with E-state index in [1.807, 2.05) is 17.9 Å². The maximum atomic E-state index is 12.4. The van der Waals surface area contributed by atoms with Crippen molar-refractivity contribution in [2.75, 3.05) is 26.3 Å². The number of hydrogen-bond acceptors (Lipinski definition) is 3. The molecule has 0 radical (unpaired) electrons. The van der Waals surface area contributed by atoms with Crippen LogP contribution in [0, 0.1) is 0 Å². The highest BCUT2D eigenvalue weighted by atomic mass is 16.5. The van der Waals surface area contributed by atoms with Gasteiger partial charge in [-0.15, -0.1) is 0 Å². The van der Waals surface area contributed by atoms with E-state index >= 15 is 0 Å². The Bertz CT molecular complexity index is 508. The zero-order valence-electron chi connectivity index (χ0n) is 13.7. The van der Waals surface area contributed by atoms with Gasteiger partial charge in [0.2, 0.25) is 0 Å². The number of hydrogen-bond donors (Lipinski definition) is 1. The highest BCUT2D eigenvalue weighted by Crippen LogP contribution is 2.15. The maximum absolute atomic E-state index is 12.4. The van der Waals surface area contributed by atoms with Crippen molar-refractivity contribution in [1.82, 2.24) is 10.2 Å². The Balaban J connectivity index is 1.46. The van der Waals surface area contributed by atoms with E-state index in [1.54, 1.807) is 0 Å². The van der Waals surface area contributed by atoms with Gasteiger partial charge in [-0.2, -0.15) is 0 Å². The second kappa shape index (κ2) is 7.79. The normalized spacial score (nSPS) is 27.9. The number of benzene rings is 1. The standard InChI is InChI=1S/C18H26N2O3/c1-14-17(9-11-22-14)19-18(21)20-10-12-23-16(13-20)8-7-15-5-3-2-4-6-15/h2-6,14,16-17H,7-13H2,1H3,(H,19,21)/t14-,16+,17+/m0/s1. The van der Waals surface area contributed by atoms with Gasteiger partial charge in [0.1, 0.15) is 0 Å². The third-order valence-corrected chi connectivity index (χ3v) is 4.71. The number of morpholine rings is 1. The van der Waals surface area contributed by atoms with Gasteiger partial charge in [-0.05, 0) is 31.7 Å². The van der Waals surface area contributed by atoms with E-state index in [2.05, 4.69) is 29.6 Å². The van der Waals surface area contributed by atoms with Crippen LogP contribution in [0.15, 0.2) is 30.3 Å². The van der Waals surface area contributed by atoms with Crippen molar-refractivity contribution in [1.29, 1.82) is 0 Å². The third kappa shape index (κ3) is 4.45. The van der Waals surface area contributed by atoms with Crippen LogP contribution in [0.2, 0.25) is 0 Å². The van der Waals surface area contributed by atoms with Crippen LogP contribution in [0.4, 0.5) is 4.79 Å². The van der Waals surface area contributed by atoms with Gasteiger partial charge in [-0.25, -0.2) is 4.79 Å². The molecule has 5 nitrogen and oxygen atoms in total. The van der Waals surface area contributed by atoms with E-state index in [9.17, 15) is 4.79 Å². The van der Waals surface area contributed by atoms with Crippen molar-refractivity contribution in [3.8, 4) is 0 Å². The number of nitrogens with one attached hydrogen (secondary N) is 1. The first-order valence-corrected chi connectivity index (χ1v) is 8.55. The lowest BCUT2D eigenvalue weighted by Crippen LogP contribution is -2.53. The van der Waals surface area contributed by atoms with E-state index in [-0.39, 0.29) is 24.3 Å². The van der Waals surface area contributed by atoms with Crippen molar-refractivity contribution in [3.05, 3.63) is 35.9 Å². The molecule has 23 heavy (non-hydrogen) atoms. The van der Waals surface area contributed by atoms with Crippen LogP contribution >= 0.6 is 0 Å². The fourth-order valence-electron chi connectivity index (χ4n) is 3.22. The molecule has 126 valence electrons. The molecule has 1 aromatic carbocycles. The van der Waals surface area contributed by atoms with Gasteiger partial charge in [0, 0.05) is 19.7 Å². The second-order valence-corrected chi connectivity index (χ2v) is 6.38. The number of rotatable bonds is 4. The Morgan fingerprint density at radius 1 is 1.26 bits per heavy atom. The lowest BCUT2D eigenvalue weighted by molar-refractivity contribution is -0.0182. The van der Waals surface area contributed by atoms with E-state index in [4.69, 9.17) is 9.47 Å². The van der Waals surface area contributed by atoms with Crippen molar-refractivity contribution in [2.24, 2.45) is 0 Å². The Hall–Kier alpha value is -1.59. The van der Waals surface area contributed by atoms with Crippen LogP contribution in [-0.4, -0.2) is 55.5 Å². The minimum absolute atomic E-state index is 0.0142. The van der Waals surface area contributed by atoms with Gasteiger partial charge in [0.05, 0.1) is 24.9 Å². The first-order valence-electron chi connectivity index (χ1n) is 8.55. The monoisotopic (exact) mass is 318 g/mol. The van der Waals surface area contributed by atoms with E-state index in [0.717, 1.165) is 25.9 Å². The van der Waals surface area contributed by atoms with Crippen LogP contribution in [0.25, 0.3) is 0 Å². The summed E-state index contributed by atoms with van der Waals surface area (Å²) in [6.07, 6.45) is 3.04. The minimum Gasteiger partial charge on any atom is -0.376 e. The van der Waals surface area contributed by atoms with Crippen molar-refractivity contribution in [2.45, 2.75) is 44.4 Å². The molecule has 3 atom stereocenters. The van der Waals surface area contributed by atoms with Crippen molar-refractivity contribution >= 4 is 6.03 Å². The summed E-state index contributed by atoms with van der Waals surface area (Å²) in [5.41, 5.74) is 1.31. The Kier molecular flexibility index (Phi) is 5.51. The average Bonchev–Trinajstić information content (AvgIpc) is 2.99. The number of ether oxygens (including phenoxy) is 2. The molecule has 2 heterocycles. The predicted octanol–water partition coefficient (Wildman–Crippen LogP) is 2.21. The second-order valence-electron chi connectivity index (χ2n) is 6.38. The van der Waals surface area contributed by atoms with Gasteiger partial charge in [-0.1, -0.05) is 30.3 Å². The number of aryl methyl sites for hydroxylation is 1. The molecule has 2 aliphatic heterocycles. The first-order chi connectivity index (χ1) is 11.2. The average molecular weight is 318 g/mol. The number of amides is 2. The van der Waals surface area contributed by atoms with Gasteiger partial charge in [0.15, 0.2) is 0 Å². The molecule has 5 heteroatoms. The van der Waals surface area contributed by atoms with Crippen LogP contribution in [0.5, 0.6) is 0 Å². The Morgan fingerprint density at radius 3 is 2.83 bits per heavy atom. The number of urea groups is 1. The van der Waals surface area contributed by atoms with E-state index in [1.165, 1.54) is 5.56 Å². The number of nitrogens with zero attached hydrogens (tertiary/aromatic N) is 1. The zero-order chi connectivity index (χ0) is 16.1. The van der Waals surface area contributed by atoms with Gasteiger partial charge in [-0.3, -0.25) is 0 Å². The summed E-state index contributed by atoms with van der Waals surface area (Å²) in [4.78, 5) is 14.3. The summed E-state index contributed by atoms with van der Waals surface area (Å²) in [6.45, 7) is 4.69. The van der Waals surface area contributed by atoms with Crippen LogP contribution in [0.1, 0.15) is 25.3 Å². The largest absolute Gasteiger partial charge is 0.376 e. The third-order valence-electron chi connectivity index (χ3n) is 4.71. The fraction of sp³-hybridized carbons (Fsp3) is 0.611. The lowest BCUT2D eigenvalue weighted by atomic mass is 10.1. The molecule has 1 N–H and O–H groups in total. The summed E-state index contributed by atoms with van der Waals surface area (Å²) in [7, 11) is 0. The molecule has 2 fully saturated rings. The lowest BCUT2D eigenvalue weighted by Gasteiger charge is -2.34. The van der Waals surface area contributed by atoms with Gasteiger partial charge < -0.3 is 19.7 Å². The molecule has 0 aromatic heterocycles. The molecule has 3 rings (SSSR count). The van der Waals surface area contributed by atoms with Crippen LogP contribution in [0.3, 0.4) is 0 Å². The van der Waals surface area contributed by atoms with Gasteiger partial charge in [0.25, 0.3) is 0 Å². The molecule has 0 bridgehead atoms. The first kappa shape index (κ1) is 16.3. The molecule has 2 saturated heterocycles.